The zero-order chi connectivity index (χ0) is 24.5. The maximum atomic E-state index is 6.40. The lowest BCUT2D eigenvalue weighted by atomic mass is 9.91. The van der Waals surface area contributed by atoms with Crippen molar-refractivity contribution < 1.29 is 9.47 Å². The number of hydrogen-bond acceptors (Lipinski definition) is 7. The summed E-state index contributed by atoms with van der Waals surface area (Å²) in [5.74, 6) is 0.355. The van der Waals surface area contributed by atoms with Gasteiger partial charge < -0.3 is 25.5 Å². The number of hydrogen-bond donors (Lipinski definition) is 2. The molecular formula is C26H27ClN6O2. The number of benzene rings is 1. The van der Waals surface area contributed by atoms with Gasteiger partial charge in [-0.25, -0.2) is 15.0 Å². The van der Waals surface area contributed by atoms with E-state index in [0.29, 0.717) is 16.7 Å². The number of rotatable bonds is 4. The topological polar surface area (TPSA) is 114 Å². The zero-order valence-electron chi connectivity index (χ0n) is 19.8. The lowest BCUT2D eigenvalue weighted by molar-refractivity contribution is -0.148. The minimum absolute atomic E-state index is 0.0637. The van der Waals surface area contributed by atoms with Crippen LogP contribution in [0, 0.1) is 5.92 Å². The van der Waals surface area contributed by atoms with E-state index >= 15 is 0 Å². The van der Waals surface area contributed by atoms with Crippen molar-refractivity contribution in [3.63, 3.8) is 0 Å². The second kappa shape index (κ2) is 7.91. The molecule has 180 valence electrons. The molecule has 0 amide bonds. The third-order valence-electron chi connectivity index (χ3n) is 6.99. The van der Waals surface area contributed by atoms with Gasteiger partial charge in [0, 0.05) is 11.6 Å². The van der Waals surface area contributed by atoms with Crippen LogP contribution in [0.3, 0.4) is 0 Å². The van der Waals surface area contributed by atoms with Crippen LogP contribution in [0.1, 0.15) is 32.4 Å². The predicted molar refractivity (Wildman–Crippen MR) is 137 cm³/mol. The Morgan fingerprint density at radius 1 is 1.11 bits per heavy atom. The highest BCUT2D eigenvalue weighted by Gasteiger charge is 2.51. The van der Waals surface area contributed by atoms with Crippen LogP contribution in [0.25, 0.3) is 21.9 Å². The molecule has 0 bridgehead atoms. The second-order valence-corrected chi connectivity index (χ2v) is 10.3. The van der Waals surface area contributed by atoms with Gasteiger partial charge in [0.05, 0.1) is 22.0 Å². The lowest BCUT2D eigenvalue weighted by Gasteiger charge is -2.22. The fourth-order valence-corrected chi connectivity index (χ4v) is 5.56. The van der Waals surface area contributed by atoms with Crippen molar-refractivity contribution in [3.8, 4) is 0 Å². The number of pyridine rings is 1. The van der Waals surface area contributed by atoms with Crippen LogP contribution in [0.2, 0.25) is 5.02 Å². The van der Waals surface area contributed by atoms with Crippen molar-refractivity contribution in [2.45, 2.75) is 51.2 Å². The van der Waals surface area contributed by atoms with Crippen molar-refractivity contribution >= 4 is 45.2 Å². The SMILES string of the molecule is CC(Cc1ccc2cc(Cl)c(N)nc2c1)C1=C[C@@H](n2ccc3c(N)ncnc32)[C@@H]2OC(C)(C)O[C@H]12. The molecule has 1 fully saturated rings. The first-order chi connectivity index (χ1) is 16.7. The van der Waals surface area contributed by atoms with Crippen molar-refractivity contribution in [1.82, 2.24) is 19.5 Å². The quantitative estimate of drug-likeness (QED) is 0.399. The standard InChI is InChI=1S/C26H27ClN6O2/c1-13(8-14-4-5-15-10-18(27)24(29)32-19(15)9-14)17-11-20(22-21(17)34-26(2,3)35-22)33-7-6-16-23(28)30-12-31-25(16)33/h4-7,9-13,20-22H,8H2,1-3H3,(H2,29,32)(H2,28,30,31)/t13?,20-,21-,22+/m1/s1. The summed E-state index contributed by atoms with van der Waals surface area (Å²) in [6, 6.07) is 9.98. The van der Waals surface area contributed by atoms with Crippen LogP contribution >= 0.6 is 11.6 Å². The lowest BCUT2D eigenvalue weighted by Crippen LogP contribution is -2.28. The second-order valence-electron chi connectivity index (χ2n) is 9.88. The molecule has 1 aromatic carbocycles. The predicted octanol–water partition coefficient (Wildman–Crippen LogP) is 4.68. The summed E-state index contributed by atoms with van der Waals surface area (Å²) in [5, 5.41) is 2.27. The van der Waals surface area contributed by atoms with E-state index in [1.807, 2.05) is 38.2 Å². The van der Waals surface area contributed by atoms with Gasteiger partial charge in [-0.15, -0.1) is 0 Å². The molecule has 1 saturated heterocycles. The molecule has 1 aliphatic carbocycles. The molecule has 1 unspecified atom stereocenters. The van der Waals surface area contributed by atoms with Gasteiger partial charge in [0.2, 0.25) is 0 Å². The normalized spacial score (nSPS) is 24.1. The monoisotopic (exact) mass is 490 g/mol. The highest BCUT2D eigenvalue weighted by Crippen LogP contribution is 2.46. The van der Waals surface area contributed by atoms with Crippen LogP contribution in [0.5, 0.6) is 0 Å². The molecule has 4 heterocycles. The largest absolute Gasteiger partial charge is 0.383 e. The van der Waals surface area contributed by atoms with Gasteiger partial charge in [0.15, 0.2) is 5.79 Å². The number of nitrogen functional groups attached to an aromatic ring is 2. The van der Waals surface area contributed by atoms with Gasteiger partial charge in [0.25, 0.3) is 0 Å². The van der Waals surface area contributed by atoms with E-state index in [0.717, 1.165) is 28.4 Å². The summed E-state index contributed by atoms with van der Waals surface area (Å²) >= 11 is 6.14. The fraction of sp³-hybridized carbons (Fsp3) is 0.346. The molecule has 35 heavy (non-hydrogen) atoms. The van der Waals surface area contributed by atoms with Crippen molar-refractivity contribution in [1.29, 1.82) is 0 Å². The number of nitrogens with zero attached hydrogens (tertiary/aromatic N) is 4. The molecule has 8 nitrogen and oxygen atoms in total. The number of ether oxygens (including phenoxy) is 2. The van der Waals surface area contributed by atoms with E-state index < -0.39 is 5.79 Å². The zero-order valence-corrected chi connectivity index (χ0v) is 20.5. The number of halogens is 1. The summed E-state index contributed by atoms with van der Waals surface area (Å²) in [7, 11) is 0. The van der Waals surface area contributed by atoms with Gasteiger partial charge >= 0.3 is 0 Å². The van der Waals surface area contributed by atoms with Crippen LogP contribution in [0.15, 0.2) is 54.5 Å². The first kappa shape index (κ1) is 22.3. The minimum Gasteiger partial charge on any atom is -0.383 e. The molecule has 0 saturated carbocycles. The summed E-state index contributed by atoms with van der Waals surface area (Å²) < 4.78 is 14.9. The number of anilines is 2. The minimum atomic E-state index is -0.673. The van der Waals surface area contributed by atoms with Gasteiger partial charge in [-0.1, -0.05) is 36.7 Å². The van der Waals surface area contributed by atoms with E-state index in [1.54, 1.807) is 0 Å². The molecule has 4 N–H and O–H groups in total. The molecule has 0 radical (unpaired) electrons. The average Bonchev–Trinajstić information content (AvgIpc) is 3.46. The van der Waals surface area contributed by atoms with E-state index in [1.165, 1.54) is 17.5 Å². The van der Waals surface area contributed by atoms with Gasteiger partial charge in [-0.2, -0.15) is 0 Å². The van der Waals surface area contributed by atoms with Crippen LogP contribution in [0.4, 0.5) is 11.6 Å². The summed E-state index contributed by atoms with van der Waals surface area (Å²) in [5.41, 5.74) is 16.0. The molecule has 2 aliphatic rings. The Morgan fingerprint density at radius 2 is 1.94 bits per heavy atom. The Balaban J connectivity index is 1.35. The van der Waals surface area contributed by atoms with Gasteiger partial charge in [-0.05, 0) is 55.5 Å². The van der Waals surface area contributed by atoms with E-state index in [9.17, 15) is 0 Å². The smallest absolute Gasteiger partial charge is 0.164 e. The third kappa shape index (κ3) is 3.73. The van der Waals surface area contributed by atoms with Crippen molar-refractivity contribution in [2.24, 2.45) is 5.92 Å². The molecule has 3 aromatic heterocycles. The van der Waals surface area contributed by atoms with Crippen LogP contribution in [-0.4, -0.2) is 37.5 Å². The third-order valence-corrected chi connectivity index (χ3v) is 7.30. The maximum Gasteiger partial charge on any atom is 0.164 e. The number of aromatic nitrogens is 4. The molecule has 6 rings (SSSR count). The Bertz CT molecular complexity index is 1500. The molecule has 1 aliphatic heterocycles. The average molecular weight is 491 g/mol. The van der Waals surface area contributed by atoms with E-state index in [-0.39, 0.29) is 24.2 Å². The van der Waals surface area contributed by atoms with Crippen molar-refractivity contribution in [2.75, 3.05) is 11.5 Å². The number of fused-ring (bicyclic) bond motifs is 3. The fourth-order valence-electron chi connectivity index (χ4n) is 5.40. The van der Waals surface area contributed by atoms with E-state index in [4.69, 9.17) is 32.5 Å². The van der Waals surface area contributed by atoms with Crippen LogP contribution < -0.4 is 11.5 Å². The van der Waals surface area contributed by atoms with Gasteiger partial charge in [0.1, 0.15) is 35.8 Å². The Labute approximate surface area is 207 Å². The maximum absolute atomic E-state index is 6.40. The first-order valence-corrected chi connectivity index (χ1v) is 12.1. The van der Waals surface area contributed by atoms with E-state index in [2.05, 4.69) is 44.7 Å². The first-order valence-electron chi connectivity index (χ1n) is 11.7. The van der Waals surface area contributed by atoms with Crippen molar-refractivity contribution in [3.05, 3.63) is 65.1 Å². The molecule has 0 spiro atoms. The summed E-state index contributed by atoms with van der Waals surface area (Å²) in [6.07, 6.45) is 6.29. The highest BCUT2D eigenvalue weighted by atomic mass is 35.5. The highest BCUT2D eigenvalue weighted by molar-refractivity contribution is 6.33. The molecule has 4 aromatic rings. The Morgan fingerprint density at radius 3 is 2.77 bits per heavy atom. The summed E-state index contributed by atoms with van der Waals surface area (Å²) in [6.45, 7) is 6.15. The molecule has 4 atom stereocenters. The van der Waals surface area contributed by atoms with Gasteiger partial charge in [-0.3, -0.25) is 0 Å². The summed E-state index contributed by atoms with van der Waals surface area (Å²) in [4.78, 5) is 13.1. The van der Waals surface area contributed by atoms with Crippen LogP contribution in [-0.2, 0) is 15.9 Å². The molecular weight excluding hydrogens is 464 g/mol. The Kier molecular flexibility index (Phi) is 5.03. The number of nitrogens with two attached hydrogens (primary N) is 2. The Hall–Kier alpha value is -3.20. The molecule has 9 heteroatoms.